The van der Waals surface area contributed by atoms with E-state index in [1.54, 1.807) is 38.1 Å². The van der Waals surface area contributed by atoms with Gasteiger partial charge in [0.1, 0.15) is 0 Å². The van der Waals surface area contributed by atoms with E-state index in [1.165, 1.54) is 26.0 Å². The highest BCUT2D eigenvalue weighted by Gasteiger charge is 2.24. The van der Waals surface area contributed by atoms with Gasteiger partial charge < -0.3 is 4.74 Å². The van der Waals surface area contributed by atoms with Crippen LogP contribution in [0.1, 0.15) is 40.9 Å². The second-order valence-corrected chi connectivity index (χ2v) is 8.16. The summed E-state index contributed by atoms with van der Waals surface area (Å²) in [5.41, 5.74) is 2.33. The molecule has 144 valence electrons. The molecular formula is C20H23NO5S. The van der Waals surface area contributed by atoms with Crippen LogP contribution >= 0.6 is 0 Å². The fourth-order valence-corrected chi connectivity index (χ4v) is 4.38. The zero-order valence-corrected chi connectivity index (χ0v) is 16.8. The van der Waals surface area contributed by atoms with Crippen LogP contribution in [0, 0.1) is 20.8 Å². The van der Waals surface area contributed by atoms with Crippen LogP contribution < -0.4 is 4.72 Å². The van der Waals surface area contributed by atoms with Crippen molar-refractivity contribution in [3.8, 4) is 0 Å². The molecule has 0 amide bonds. The van der Waals surface area contributed by atoms with Gasteiger partial charge in [0.05, 0.1) is 16.1 Å². The highest BCUT2D eigenvalue weighted by molar-refractivity contribution is 7.92. The molecule has 2 aromatic carbocycles. The maximum absolute atomic E-state index is 12.9. The van der Waals surface area contributed by atoms with E-state index in [-0.39, 0.29) is 21.9 Å². The van der Waals surface area contributed by atoms with Gasteiger partial charge in [0.25, 0.3) is 10.0 Å². The molecule has 7 heteroatoms. The van der Waals surface area contributed by atoms with Gasteiger partial charge in [0.2, 0.25) is 0 Å². The van der Waals surface area contributed by atoms with E-state index in [4.69, 9.17) is 4.74 Å². The fraction of sp³-hybridized carbons (Fsp3) is 0.300. The lowest BCUT2D eigenvalue weighted by molar-refractivity contribution is -0.124. The summed E-state index contributed by atoms with van der Waals surface area (Å²) in [4.78, 5) is 23.9. The molecule has 0 radical (unpaired) electrons. The summed E-state index contributed by atoms with van der Waals surface area (Å²) in [7, 11) is -3.92. The summed E-state index contributed by atoms with van der Waals surface area (Å²) in [5, 5.41) is 0. The first kappa shape index (κ1) is 20.6. The quantitative estimate of drug-likeness (QED) is 0.763. The predicted octanol–water partition coefficient (Wildman–Crippen LogP) is 3.55. The Morgan fingerprint density at radius 2 is 1.59 bits per heavy atom. The highest BCUT2D eigenvalue weighted by Crippen LogP contribution is 2.26. The van der Waals surface area contributed by atoms with E-state index < -0.39 is 22.1 Å². The van der Waals surface area contributed by atoms with Gasteiger partial charge in [-0.05, 0) is 57.9 Å². The lowest BCUT2D eigenvalue weighted by Gasteiger charge is -2.16. The number of Topliss-reactive ketones (excluding diaryl/α,β-unsaturated/α-hetero) is 1. The van der Waals surface area contributed by atoms with E-state index in [0.29, 0.717) is 11.1 Å². The Balaban J connectivity index is 2.41. The molecule has 0 fully saturated rings. The Labute approximate surface area is 159 Å². The Morgan fingerprint density at radius 3 is 2.15 bits per heavy atom. The van der Waals surface area contributed by atoms with Gasteiger partial charge in [-0.25, -0.2) is 13.2 Å². The topological polar surface area (TPSA) is 89.5 Å². The standard InChI is InChI=1S/C20H23NO5S/c1-12-10-13(2)19(14(3)11-12)27(24,25)21-18-9-7-6-8-17(18)20(23)26-16(5)15(4)22/h6-11,16,21H,1-5H3. The summed E-state index contributed by atoms with van der Waals surface area (Å²) in [6.45, 7) is 8.12. The molecule has 1 unspecified atom stereocenters. The van der Waals surface area contributed by atoms with Gasteiger partial charge in [0, 0.05) is 0 Å². The summed E-state index contributed by atoms with van der Waals surface area (Å²) in [6.07, 6.45) is -0.913. The molecule has 1 N–H and O–H groups in total. The molecule has 0 saturated carbocycles. The third-order valence-corrected chi connectivity index (χ3v) is 5.79. The second kappa shape index (κ2) is 7.92. The van der Waals surface area contributed by atoms with Gasteiger partial charge in [-0.15, -0.1) is 0 Å². The first-order valence-electron chi connectivity index (χ1n) is 8.44. The molecule has 6 nitrogen and oxygen atoms in total. The number of para-hydroxylation sites is 1. The van der Waals surface area contributed by atoms with Crippen LogP contribution in [0.4, 0.5) is 5.69 Å². The molecular weight excluding hydrogens is 366 g/mol. The zero-order valence-electron chi connectivity index (χ0n) is 16.0. The Bertz CT molecular complexity index is 972. The number of anilines is 1. The number of benzene rings is 2. The van der Waals surface area contributed by atoms with Gasteiger partial charge in [-0.2, -0.15) is 0 Å². The average Bonchev–Trinajstić information content (AvgIpc) is 2.53. The van der Waals surface area contributed by atoms with Crippen molar-refractivity contribution in [2.75, 3.05) is 4.72 Å². The molecule has 0 aromatic heterocycles. The lowest BCUT2D eigenvalue weighted by Crippen LogP contribution is -2.23. The SMILES string of the molecule is CC(=O)C(C)OC(=O)c1ccccc1NS(=O)(=O)c1c(C)cc(C)cc1C. The van der Waals surface area contributed by atoms with Crippen LogP contribution in [0.5, 0.6) is 0 Å². The average molecular weight is 389 g/mol. The third kappa shape index (κ3) is 4.74. The van der Waals surface area contributed by atoms with Gasteiger partial charge in [-0.3, -0.25) is 9.52 Å². The molecule has 0 saturated heterocycles. The van der Waals surface area contributed by atoms with Crippen molar-refractivity contribution in [2.45, 2.75) is 45.6 Å². The monoisotopic (exact) mass is 389 g/mol. The number of rotatable bonds is 6. The van der Waals surface area contributed by atoms with Crippen molar-refractivity contribution in [1.29, 1.82) is 0 Å². The minimum atomic E-state index is -3.92. The van der Waals surface area contributed by atoms with Crippen molar-refractivity contribution in [2.24, 2.45) is 0 Å². The fourth-order valence-electron chi connectivity index (χ4n) is 2.84. The molecule has 0 heterocycles. The number of carbonyl (C=O) groups excluding carboxylic acids is 2. The molecule has 1 atom stereocenters. The lowest BCUT2D eigenvalue weighted by atomic mass is 10.1. The van der Waals surface area contributed by atoms with Crippen molar-refractivity contribution >= 4 is 27.5 Å². The van der Waals surface area contributed by atoms with E-state index in [9.17, 15) is 18.0 Å². The van der Waals surface area contributed by atoms with Crippen molar-refractivity contribution in [3.05, 3.63) is 58.7 Å². The van der Waals surface area contributed by atoms with Gasteiger partial charge >= 0.3 is 5.97 Å². The first-order chi connectivity index (χ1) is 12.5. The van der Waals surface area contributed by atoms with Crippen LogP contribution in [0.3, 0.4) is 0 Å². The molecule has 2 aromatic rings. The molecule has 27 heavy (non-hydrogen) atoms. The van der Waals surface area contributed by atoms with E-state index >= 15 is 0 Å². The minimum Gasteiger partial charge on any atom is -0.451 e. The van der Waals surface area contributed by atoms with Crippen LogP contribution in [-0.4, -0.2) is 26.3 Å². The number of ether oxygens (including phenoxy) is 1. The minimum absolute atomic E-state index is 0.0385. The Morgan fingerprint density at radius 1 is 1.04 bits per heavy atom. The first-order valence-corrected chi connectivity index (χ1v) is 9.92. The van der Waals surface area contributed by atoms with Gasteiger partial charge in [0.15, 0.2) is 11.9 Å². The maximum Gasteiger partial charge on any atom is 0.340 e. The molecule has 0 aliphatic carbocycles. The molecule has 0 aliphatic heterocycles. The number of carbonyl (C=O) groups is 2. The predicted molar refractivity (Wildman–Crippen MR) is 103 cm³/mol. The maximum atomic E-state index is 12.9. The number of ketones is 1. The van der Waals surface area contributed by atoms with Crippen LogP contribution in [0.15, 0.2) is 41.3 Å². The largest absolute Gasteiger partial charge is 0.451 e. The zero-order chi connectivity index (χ0) is 20.4. The number of aryl methyl sites for hydroxylation is 3. The highest BCUT2D eigenvalue weighted by atomic mass is 32.2. The Hall–Kier alpha value is -2.67. The third-order valence-electron chi connectivity index (χ3n) is 4.12. The molecule has 0 bridgehead atoms. The van der Waals surface area contributed by atoms with Crippen molar-refractivity contribution < 1.29 is 22.7 Å². The Kier molecular flexibility index (Phi) is 6.05. The van der Waals surface area contributed by atoms with Crippen LogP contribution in [0.2, 0.25) is 0 Å². The smallest absolute Gasteiger partial charge is 0.340 e. The van der Waals surface area contributed by atoms with Crippen molar-refractivity contribution in [1.82, 2.24) is 0 Å². The van der Waals surface area contributed by atoms with Crippen LogP contribution in [-0.2, 0) is 19.6 Å². The number of sulfonamides is 1. The number of hydrogen-bond acceptors (Lipinski definition) is 5. The second-order valence-electron chi connectivity index (χ2n) is 6.54. The molecule has 0 aliphatic rings. The molecule has 2 rings (SSSR count). The van der Waals surface area contributed by atoms with Gasteiger partial charge in [-0.1, -0.05) is 29.8 Å². The summed E-state index contributed by atoms with van der Waals surface area (Å²) in [5.74, 6) is -1.07. The van der Waals surface area contributed by atoms with Crippen molar-refractivity contribution in [3.63, 3.8) is 0 Å². The normalized spacial score (nSPS) is 12.3. The molecule has 0 spiro atoms. The summed E-state index contributed by atoms with van der Waals surface area (Å²) >= 11 is 0. The number of hydrogen-bond donors (Lipinski definition) is 1. The van der Waals surface area contributed by atoms with E-state index in [1.807, 2.05) is 6.92 Å². The summed E-state index contributed by atoms with van der Waals surface area (Å²) < 4.78 is 33.5. The van der Waals surface area contributed by atoms with E-state index in [2.05, 4.69) is 4.72 Å². The summed E-state index contributed by atoms with van der Waals surface area (Å²) in [6, 6.07) is 9.70. The number of nitrogens with one attached hydrogen (secondary N) is 1. The van der Waals surface area contributed by atoms with E-state index in [0.717, 1.165) is 5.56 Å². The van der Waals surface area contributed by atoms with Crippen LogP contribution in [0.25, 0.3) is 0 Å². The number of esters is 1.